The number of nitrogens with one attached hydrogen (secondary N) is 2. The lowest BCUT2D eigenvalue weighted by Gasteiger charge is -2.23. The van der Waals surface area contributed by atoms with Gasteiger partial charge in [-0.25, -0.2) is 0 Å². The maximum Gasteiger partial charge on any atom is 0.249 e. The van der Waals surface area contributed by atoms with Crippen LogP contribution in [0.5, 0.6) is 0 Å². The number of hydrogen-bond acceptors (Lipinski definition) is 7. The van der Waals surface area contributed by atoms with Crippen molar-refractivity contribution in [1.29, 1.82) is 0 Å². The molecular weight excluding hydrogens is 456 g/mol. The van der Waals surface area contributed by atoms with Crippen molar-refractivity contribution < 1.29 is 14.1 Å². The van der Waals surface area contributed by atoms with E-state index in [1.54, 1.807) is 0 Å². The summed E-state index contributed by atoms with van der Waals surface area (Å²) in [5, 5.41) is 9.97. The van der Waals surface area contributed by atoms with E-state index >= 15 is 0 Å². The van der Waals surface area contributed by atoms with Gasteiger partial charge in [0.1, 0.15) is 12.1 Å². The van der Waals surface area contributed by atoms with E-state index in [2.05, 4.69) is 32.9 Å². The Bertz CT molecular complexity index is 1070. The van der Waals surface area contributed by atoms with Gasteiger partial charge in [-0.2, -0.15) is 4.98 Å². The predicted octanol–water partition coefficient (Wildman–Crippen LogP) is 2.48. The molecule has 9 nitrogen and oxygen atoms in total. The number of carbonyl (C=O) groups excluding carboxylic acids is 2. The second-order valence-corrected chi connectivity index (χ2v) is 9.26. The minimum Gasteiger partial charge on any atom is -0.343 e. The van der Waals surface area contributed by atoms with Crippen LogP contribution in [-0.2, 0) is 22.4 Å². The molecule has 36 heavy (non-hydrogen) atoms. The monoisotopic (exact) mass is 494 g/mol. The Morgan fingerprint density at radius 1 is 1.14 bits per heavy atom. The summed E-state index contributed by atoms with van der Waals surface area (Å²) in [6, 6.07) is 4.69. The highest BCUT2D eigenvalue weighted by Crippen LogP contribution is 2.22. The first-order valence-electron chi connectivity index (χ1n) is 12.6. The Balaban J connectivity index is 1.78. The number of amides is 2. The summed E-state index contributed by atoms with van der Waals surface area (Å²) in [4.78, 5) is 30.2. The van der Waals surface area contributed by atoms with E-state index in [4.69, 9.17) is 16.0 Å². The van der Waals surface area contributed by atoms with Crippen molar-refractivity contribution in [1.82, 2.24) is 20.8 Å². The molecule has 2 atom stereocenters. The number of carbonyl (C=O) groups is 2. The molecule has 0 saturated heterocycles. The van der Waals surface area contributed by atoms with Gasteiger partial charge in [-0.1, -0.05) is 47.2 Å². The number of rotatable bonds is 13. The fourth-order valence-electron chi connectivity index (χ4n) is 4.34. The van der Waals surface area contributed by atoms with Gasteiger partial charge in [0.05, 0.1) is 6.54 Å². The lowest BCUT2D eigenvalue weighted by Crippen LogP contribution is -2.50. The summed E-state index contributed by atoms with van der Waals surface area (Å²) in [7, 11) is 0. The van der Waals surface area contributed by atoms with Crippen LogP contribution in [0.1, 0.15) is 66.6 Å². The molecular formula is C27H38N6O3. The topological polar surface area (TPSA) is 149 Å². The number of allylic oxidation sites excluding steroid dienone is 4. The number of aromatic nitrogens is 2. The smallest absolute Gasteiger partial charge is 0.249 e. The van der Waals surface area contributed by atoms with Crippen molar-refractivity contribution >= 4 is 11.8 Å². The van der Waals surface area contributed by atoms with E-state index in [-0.39, 0.29) is 12.5 Å². The van der Waals surface area contributed by atoms with E-state index in [1.807, 2.05) is 38.1 Å². The molecule has 0 aliphatic heterocycles. The number of benzene rings is 1. The molecule has 0 bridgehead atoms. The molecule has 1 aliphatic rings. The molecule has 2 amide bonds. The number of aryl methyl sites for hydroxylation is 2. The fraction of sp³-hybridized carbons (Fsp3) is 0.481. The summed E-state index contributed by atoms with van der Waals surface area (Å²) in [5.74, 6) is 0.236. The molecule has 1 aromatic heterocycles. The summed E-state index contributed by atoms with van der Waals surface area (Å²) < 4.78 is 5.58. The first-order chi connectivity index (χ1) is 17.4. The molecule has 2 aromatic rings. The van der Waals surface area contributed by atoms with Crippen LogP contribution in [-0.4, -0.2) is 41.1 Å². The molecule has 0 radical (unpaired) electrons. The molecule has 194 valence electrons. The van der Waals surface area contributed by atoms with Gasteiger partial charge in [0.25, 0.3) is 0 Å². The number of nitrogens with zero attached hydrogens (tertiary/aromatic N) is 2. The Morgan fingerprint density at radius 3 is 2.58 bits per heavy atom. The third-order valence-corrected chi connectivity index (χ3v) is 6.42. The van der Waals surface area contributed by atoms with Crippen LogP contribution in [0.2, 0.25) is 0 Å². The zero-order valence-electron chi connectivity index (χ0n) is 21.3. The van der Waals surface area contributed by atoms with Crippen LogP contribution >= 0.6 is 0 Å². The SMILES string of the molecule is Cc1cccc(C)c1C[C@H](NC(=O)CN)C(=O)NC(CCCCN)c1nc(CC2=CC=CCC2)no1. The summed E-state index contributed by atoms with van der Waals surface area (Å²) in [5.41, 5.74) is 15.6. The quantitative estimate of drug-likeness (QED) is 0.313. The van der Waals surface area contributed by atoms with E-state index in [0.29, 0.717) is 37.5 Å². The van der Waals surface area contributed by atoms with Crippen LogP contribution in [0.3, 0.4) is 0 Å². The lowest BCUT2D eigenvalue weighted by atomic mass is 9.95. The van der Waals surface area contributed by atoms with Gasteiger partial charge in [0, 0.05) is 12.8 Å². The van der Waals surface area contributed by atoms with Crippen LogP contribution in [0.4, 0.5) is 0 Å². The number of hydrogen-bond donors (Lipinski definition) is 4. The minimum atomic E-state index is -0.792. The van der Waals surface area contributed by atoms with E-state index in [1.165, 1.54) is 5.57 Å². The van der Waals surface area contributed by atoms with Crippen molar-refractivity contribution in [3.8, 4) is 0 Å². The first kappa shape index (κ1) is 27.3. The largest absolute Gasteiger partial charge is 0.343 e. The zero-order valence-corrected chi connectivity index (χ0v) is 21.3. The van der Waals surface area contributed by atoms with Crippen molar-refractivity contribution in [2.45, 2.75) is 70.9 Å². The third-order valence-electron chi connectivity index (χ3n) is 6.42. The van der Waals surface area contributed by atoms with Crippen LogP contribution in [0, 0.1) is 13.8 Å². The maximum atomic E-state index is 13.5. The molecule has 1 aromatic carbocycles. The Hall–Kier alpha value is -3.30. The van der Waals surface area contributed by atoms with Crippen molar-refractivity contribution in [2.75, 3.05) is 13.1 Å². The Kier molecular flexibility index (Phi) is 10.4. The molecule has 1 heterocycles. The molecule has 6 N–H and O–H groups in total. The average Bonchev–Trinajstić information content (AvgIpc) is 3.33. The van der Waals surface area contributed by atoms with Crippen molar-refractivity contribution in [3.05, 3.63) is 70.4 Å². The lowest BCUT2D eigenvalue weighted by molar-refractivity contribution is -0.129. The fourth-order valence-corrected chi connectivity index (χ4v) is 4.34. The van der Waals surface area contributed by atoms with Crippen LogP contribution in [0.25, 0.3) is 0 Å². The first-order valence-corrected chi connectivity index (χ1v) is 12.6. The molecule has 0 saturated carbocycles. The second kappa shape index (κ2) is 13.7. The maximum absolute atomic E-state index is 13.5. The number of nitrogens with two attached hydrogens (primary N) is 2. The second-order valence-electron chi connectivity index (χ2n) is 9.26. The summed E-state index contributed by atoms with van der Waals surface area (Å²) in [6.45, 7) is 4.35. The standard InChI is InChI=1S/C27H38N6O3/c1-18-9-8-10-19(2)21(18)16-23(30-25(34)17-29)26(35)31-22(13-6-7-14-28)27-32-24(33-36-27)15-20-11-4-3-5-12-20/h3-4,8-11,22-23H,5-7,12-17,28-29H2,1-2H3,(H,30,34)(H,31,35)/t22?,23-/m0/s1. The van der Waals surface area contributed by atoms with Gasteiger partial charge in [-0.05, 0) is 69.2 Å². The van der Waals surface area contributed by atoms with E-state index in [0.717, 1.165) is 42.4 Å². The molecule has 0 spiro atoms. The van der Waals surface area contributed by atoms with Crippen LogP contribution in [0.15, 0.2) is 46.5 Å². The van der Waals surface area contributed by atoms with Gasteiger partial charge in [0.2, 0.25) is 17.7 Å². The molecule has 1 unspecified atom stereocenters. The summed E-state index contributed by atoms with van der Waals surface area (Å²) in [6.07, 6.45) is 11.4. The Morgan fingerprint density at radius 2 is 1.92 bits per heavy atom. The normalized spacial score (nSPS) is 14.7. The highest BCUT2D eigenvalue weighted by atomic mass is 16.5. The minimum absolute atomic E-state index is 0.200. The van der Waals surface area contributed by atoms with E-state index in [9.17, 15) is 9.59 Å². The number of unbranched alkanes of at least 4 members (excludes halogenated alkanes) is 1. The predicted molar refractivity (Wildman–Crippen MR) is 139 cm³/mol. The highest BCUT2D eigenvalue weighted by Gasteiger charge is 2.27. The summed E-state index contributed by atoms with van der Waals surface area (Å²) >= 11 is 0. The Labute approximate surface area is 212 Å². The van der Waals surface area contributed by atoms with Crippen molar-refractivity contribution in [2.24, 2.45) is 11.5 Å². The zero-order chi connectivity index (χ0) is 25.9. The molecule has 0 fully saturated rings. The van der Waals surface area contributed by atoms with Gasteiger partial charge in [-0.3, -0.25) is 9.59 Å². The average molecular weight is 495 g/mol. The highest BCUT2D eigenvalue weighted by molar-refractivity contribution is 5.88. The molecule has 1 aliphatic carbocycles. The van der Waals surface area contributed by atoms with Gasteiger partial charge >= 0.3 is 0 Å². The van der Waals surface area contributed by atoms with Gasteiger partial charge < -0.3 is 26.6 Å². The molecule has 9 heteroatoms. The van der Waals surface area contributed by atoms with Gasteiger partial charge in [-0.15, -0.1) is 0 Å². The van der Waals surface area contributed by atoms with Gasteiger partial charge in [0.15, 0.2) is 5.82 Å². The third kappa shape index (κ3) is 7.86. The van der Waals surface area contributed by atoms with E-state index < -0.39 is 18.0 Å². The molecule has 3 rings (SSSR count). The van der Waals surface area contributed by atoms with Crippen LogP contribution < -0.4 is 22.1 Å². The van der Waals surface area contributed by atoms with Crippen molar-refractivity contribution in [3.63, 3.8) is 0 Å².